The van der Waals surface area contributed by atoms with Crippen molar-refractivity contribution < 1.29 is 0 Å². The number of nitrogens with zero attached hydrogens (tertiary/aromatic N) is 3. The smallest absolute Gasteiger partial charge is 0.111 e. The average molecular weight is 314 g/mol. The van der Waals surface area contributed by atoms with Crippen LogP contribution in [0, 0.1) is 0 Å². The van der Waals surface area contributed by atoms with Crippen LogP contribution in [0.25, 0.3) is 11.0 Å². The SMILES string of the molecule is CN(C)C(C)(C)Cn1c(CCCl)nc2ccc(Cl)cc21. The fourth-order valence-electron chi connectivity index (χ4n) is 2.13. The molecule has 0 aliphatic heterocycles. The van der Waals surface area contributed by atoms with E-state index >= 15 is 0 Å². The maximum atomic E-state index is 6.13. The van der Waals surface area contributed by atoms with Crippen molar-refractivity contribution in [3.63, 3.8) is 0 Å². The Bertz CT molecular complexity index is 602. The molecule has 0 aliphatic rings. The van der Waals surface area contributed by atoms with Gasteiger partial charge in [0.1, 0.15) is 5.82 Å². The number of aromatic nitrogens is 2. The molecule has 1 heterocycles. The van der Waals surface area contributed by atoms with E-state index in [-0.39, 0.29) is 5.54 Å². The van der Waals surface area contributed by atoms with E-state index < -0.39 is 0 Å². The third-order valence-electron chi connectivity index (χ3n) is 3.86. The molecule has 0 saturated heterocycles. The number of rotatable bonds is 5. The van der Waals surface area contributed by atoms with Crippen LogP contribution in [0.4, 0.5) is 0 Å². The highest BCUT2D eigenvalue weighted by atomic mass is 35.5. The molecule has 110 valence electrons. The minimum atomic E-state index is 0.0248. The molecule has 0 N–H and O–H groups in total. The van der Waals surface area contributed by atoms with Crippen LogP contribution in [0.5, 0.6) is 0 Å². The van der Waals surface area contributed by atoms with Crippen LogP contribution in [0.15, 0.2) is 18.2 Å². The molecule has 0 fully saturated rings. The summed E-state index contributed by atoms with van der Waals surface area (Å²) in [5, 5.41) is 0.735. The number of likely N-dealkylation sites (N-methyl/N-ethyl adjacent to an activating group) is 1. The first-order chi connectivity index (χ1) is 9.35. The van der Waals surface area contributed by atoms with Crippen LogP contribution in [0.2, 0.25) is 5.02 Å². The molecule has 20 heavy (non-hydrogen) atoms. The van der Waals surface area contributed by atoms with Crippen LogP contribution in [-0.2, 0) is 13.0 Å². The summed E-state index contributed by atoms with van der Waals surface area (Å²) in [7, 11) is 4.18. The first-order valence-corrected chi connectivity index (χ1v) is 7.64. The van der Waals surface area contributed by atoms with Gasteiger partial charge in [-0.05, 0) is 46.1 Å². The standard InChI is InChI=1S/C15H21Cl2N3/c1-15(2,19(3)4)10-20-13-9-11(17)5-6-12(13)18-14(20)7-8-16/h5-6,9H,7-8,10H2,1-4H3. The van der Waals surface area contributed by atoms with Crippen molar-refractivity contribution in [2.45, 2.75) is 32.4 Å². The average Bonchev–Trinajstić information content (AvgIpc) is 2.67. The Kier molecular flexibility index (Phi) is 4.62. The molecular formula is C15H21Cl2N3. The van der Waals surface area contributed by atoms with E-state index in [9.17, 15) is 0 Å². The number of imidazole rings is 1. The van der Waals surface area contributed by atoms with E-state index in [2.05, 4.69) is 42.4 Å². The fourth-order valence-corrected chi connectivity index (χ4v) is 2.46. The van der Waals surface area contributed by atoms with Gasteiger partial charge in [-0.2, -0.15) is 0 Å². The van der Waals surface area contributed by atoms with E-state index in [1.165, 1.54) is 0 Å². The van der Waals surface area contributed by atoms with Crippen LogP contribution in [-0.4, -0.2) is 40.0 Å². The van der Waals surface area contributed by atoms with Crippen LogP contribution < -0.4 is 0 Å². The van der Waals surface area contributed by atoms with E-state index in [1.807, 2.05) is 18.2 Å². The lowest BCUT2D eigenvalue weighted by Gasteiger charge is -2.33. The zero-order valence-corrected chi connectivity index (χ0v) is 14.0. The van der Waals surface area contributed by atoms with Gasteiger partial charge in [-0.3, -0.25) is 0 Å². The molecule has 0 aliphatic carbocycles. The molecule has 3 nitrogen and oxygen atoms in total. The second-order valence-corrected chi connectivity index (χ2v) is 6.71. The number of fused-ring (bicyclic) bond motifs is 1. The van der Waals surface area contributed by atoms with Crippen molar-refractivity contribution in [2.24, 2.45) is 0 Å². The van der Waals surface area contributed by atoms with Gasteiger partial charge < -0.3 is 9.47 Å². The molecule has 0 spiro atoms. The van der Waals surface area contributed by atoms with Crippen molar-refractivity contribution in [2.75, 3.05) is 20.0 Å². The van der Waals surface area contributed by atoms with Crippen molar-refractivity contribution in [3.8, 4) is 0 Å². The first-order valence-electron chi connectivity index (χ1n) is 6.73. The van der Waals surface area contributed by atoms with Gasteiger partial charge in [-0.1, -0.05) is 11.6 Å². The molecule has 2 aromatic rings. The summed E-state index contributed by atoms with van der Waals surface area (Å²) in [6.07, 6.45) is 0.761. The predicted molar refractivity (Wildman–Crippen MR) is 86.9 cm³/mol. The van der Waals surface area contributed by atoms with E-state index in [0.717, 1.165) is 34.8 Å². The number of halogens is 2. The van der Waals surface area contributed by atoms with Gasteiger partial charge in [0.15, 0.2) is 0 Å². The molecule has 0 bridgehead atoms. The molecule has 1 aromatic heterocycles. The fraction of sp³-hybridized carbons (Fsp3) is 0.533. The summed E-state index contributed by atoms with van der Waals surface area (Å²) >= 11 is 12.0. The topological polar surface area (TPSA) is 21.1 Å². The Balaban J connectivity index is 2.53. The highest BCUT2D eigenvalue weighted by Gasteiger charge is 2.24. The Morgan fingerprint density at radius 1 is 1.30 bits per heavy atom. The van der Waals surface area contributed by atoms with Crippen molar-refractivity contribution >= 4 is 34.2 Å². The first kappa shape index (κ1) is 15.6. The van der Waals surface area contributed by atoms with Gasteiger partial charge in [-0.15, -0.1) is 11.6 Å². The second kappa shape index (κ2) is 5.92. The van der Waals surface area contributed by atoms with Gasteiger partial charge in [-0.25, -0.2) is 4.98 Å². The maximum absolute atomic E-state index is 6.13. The maximum Gasteiger partial charge on any atom is 0.111 e. The van der Waals surface area contributed by atoms with E-state index in [1.54, 1.807) is 0 Å². The molecule has 0 atom stereocenters. The van der Waals surface area contributed by atoms with E-state index in [0.29, 0.717) is 5.88 Å². The van der Waals surface area contributed by atoms with Gasteiger partial charge in [0.25, 0.3) is 0 Å². The second-order valence-electron chi connectivity index (χ2n) is 5.89. The summed E-state index contributed by atoms with van der Waals surface area (Å²) in [4.78, 5) is 6.90. The number of hydrogen-bond donors (Lipinski definition) is 0. The summed E-state index contributed by atoms with van der Waals surface area (Å²) in [5.41, 5.74) is 2.08. The number of alkyl halides is 1. The quantitative estimate of drug-likeness (QED) is 0.783. The minimum Gasteiger partial charge on any atom is -0.326 e. The molecule has 0 unspecified atom stereocenters. The highest BCUT2D eigenvalue weighted by Crippen LogP contribution is 2.24. The largest absolute Gasteiger partial charge is 0.326 e. The minimum absolute atomic E-state index is 0.0248. The monoisotopic (exact) mass is 313 g/mol. The molecule has 0 saturated carbocycles. The van der Waals surface area contributed by atoms with Crippen LogP contribution in [0.1, 0.15) is 19.7 Å². The van der Waals surface area contributed by atoms with Gasteiger partial charge in [0.05, 0.1) is 11.0 Å². The number of hydrogen-bond acceptors (Lipinski definition) is 2. The highest BCUT2D eigenvalue weighted by molar-refractivity contribution is 6.31. The molecule has 1 aromatic carbocycles. The van der Waals surface area contributed by atoms with Gasteiger partial charge in [0.2, 0.25) is 0 Å². The van der Waals surface area contributed by atoms with Gasteiger partial charge >= 0.3 is 0 Å². The lowest BCUT2D eigenvalue weighted by atomic mass is 10.0. The van der Waals surface area contributed by atoms with Crippen molar-refractivity contribution in [1.82, 2.24) is 14.5 Å². The molecule has 0 radical (unpaired) electrons. The Hall–Kier alpha value is -0.770. The summed E-state index contributed by atoms with van der Waals surface area (Å²) < 4.78 is 2.24. The lowest BCUT2D eigenvalue weighted by Crippen LogP contribution is -2.42. The zero-order valence-electron chi connectivity index (χ0n) is 12.5. The number of aryl methyl sites for hydroxylation is 1. The predicted octanol–water partition coefficient (Wildman–Crippen LogP) is 3.81. The Labute approximate surface area is 130 Å². The molecule has 0 amide bonds. The third kappa shape index (κ3) is 3.11. The zero-order chi connectivity index (χ0) is 14.9. The van der Waals surface area contributed by atoms with Crippen molar-refractivity contribution in [3.05, 3.63) is 29.0 Å². The van der Waals surface area contributed by atoms with Gasteiger partial charge in [0, 0.05) is 29.4 Å². The number of benzene rings is 1. The normalized spacial score (nSPS) is 12.6. The van der Waals surface area contributed by atoms with Crippen LogP contribution in [0.3, 0.4) is 0 Å². The Morgan fingerprint density at radius 3 is 2.60 bits per heavy atom. The molecule has 5 heteroatoms. The summed E-state index contributed by atoms with van der Waals surface area (Å²) in [5.74, 6) is 1.59. The van der Waals surface area contributed by atoms with E-state index in [4.69, 9.17) is 23.2 Å². The Morgan fingerprint density at radius 2 is 2.00 bits per heavy atom. The van der Waals surface area contributed by atoms with Crippen LogP contribution >= 0.6 is 23.2 Å². The summed E-state index contributed by atoms with van der Waals surface area (Å²) in [6, 6.07) is 5.82. The lowest BCUT2D eigenvalue weighted by molar-refractivity contribution is 0.170. The van der Waals surface area contributed by atoms with Crippen molar-refractivity contribution in [1.29, 1.82) is 0 Å². The molecular weight excluding hydrogens is 293 g/mol. The summed E-state index contributed by atoms with van der Waals surface area (Å²) in [6.45, 7) is 5.28. The third-order valence-corrected chi connectivity index (χ3v) is 4.29. The molecule has 2 rings (SSSR count).